The van der Waals surface area contributed by atoms with Crippen LogP contribution in [0.15, 0.2) is 0 Å². The standard InChI is InChI=1S/B.3ClH.Fe/h;3*1H;. The fourth-order valence-electron chi connectivity index (χ4n) is 0. The van der Waals surface area contributed by atoms with Crippen LogP contribution in [0, 0.1) is 0 Å². The molecule has 0 aromatic rings. The Morgan fingerprint density at radius 3 is 0.600 bits per heavy atom. The van der Waals surface area contributed by atoms with Crippen molar-refractivity contribution in [3.8, 4) is 0 Å². The second-order valence-electron chi connectivity index (χ2n) is 0. The zero-order valence-corrected chi connectivity index (χ0v) is 5.71. The molecule has 0 rings (SSSR count). The van der Waals surface area contributed by atoms with Gasteiger partial charge in [-0.25, -0.2) is 0 Å². The summed E-state index contributed by atoms with van der Waals surface area (Å²) < 4.78 is 0. The molecule has 0 atom stereocenters. The number of hydrogen-bond donors (Lipinski definition) is 0. The van der Waals surface area contributed by atoms with Crippen LogP contribution in [0.3, 0.4) is 0 Å². The quantitative estimate of drug-likeness (QED) is 0.480. The molecule has 0 saturated carbocycles. The zero-order valence-electron chi connectivity index (χ0n) is 2.16. The van der Waals surface area contributed by atoms with Crippen LogP contribution in [0.25, 0.3) is 0 Å². The zero-order chi connectivity index (χ0) is 0. The van der Waals surface area contributed by atoms with E-state index in [0.29, 0.717) is 0 Å². The van der Waals surface area contributed by atoms with Crippen molar-refractivity contribution in [3.63, 3.8) is 0 Å². The molecule has 0 heterocycles. The van der Waals surface area contributed by atoms with Gasteiger partial charge in [-0.05, 0) is 0 Å². The minimum absolute atomic E-state index is 0. The first-order valence-corrected chi connectivity index (χ1v) is 0. The van der Waals surface area contributed by atoms with E-state index in [0.717, 1.165) is 0 Å². The first kappa shape index (κ1) is 90.8. The minimum Gasteiger partial charge on any atom is -0.147 e. The summed E-state index contributed by atoms with van der Waals surface area (Å²) in [6, 6.07) is 0. The molecule has 0 saturated heterocycles. The van der Waals surface area contributed by atoms with Gasteiger partial charge in [0.2, 0.25) is 0 Å². The van der Waals surface area contributed by atoms with E-state index < -0.39 is 0 Å². The van der Waals surface area contributed by atoms with Gasteiger partial charge in [0, 0.05) is 25.5 Å². The monoisotopic (exact) mass is 175 g/mol. The largest absolute Gasteiger partial charge is 0.147 e. The van der Waals surface area contributed by atoms with E-state index in [1.54, 1.807) is 0 Å². The van der Waals surface area contributed by atoms with Gasteiger partial charge in [0.25, 0.3) is 0 Å². The maximum Gasteiger partial charge on any atom is 0 e. The van der Waals surface area contributed by atoms with E-state index in [-0.39, 0.29) is 62.7 Å². The summed E-state index contributed by atoms with van der Waals surface area (Å²) >= 11 is 0. The van der Waals surface area contributed by atoms with Gasteiger partial charge in [0.1, 0.15) is 0 Å². The van der Waals surface area contributed by atoms with Gasteiger partial charge in [-0.3, -0.25) is 0 Å². The molecule has 0 aliphatic rings. The second kappa shape index (κ2) is 51.2. The third kappa shape index (κ3) is 30.8. The van der Waals surface area contributed by atoms with E-state index in [2.05, 4.69) is 0 Å². The van der Waals surface area contributed by atoms with E-state index in [1.165, 1.54) is 0 Å². The molecule has 0 aliphatic heterocycles. The molecule has 5 heavy (non-hydrogen) atoms. The SMILES string of the molecule is Cl.Cl.Cl.[B].[Fe]. The van der Waals surface area contributed by atoms with Gasteiger partial charge in [-0.2, -0.15) is 0 Å². The van der Waals surface area contributed by atoms with Crippen molar-refractivity contribution < 1.29 is 17.1 Å². The molecule has 0 aromatic heterocycles. The molecule has 35 valence electrons. The third-order valence-corrected chi connectivity index (χ3v) is 0. The molecule has 0 fully saturated rings. The molecule has 0 amide bonds. The molecule has 0 nitrogen and oxygen atoms in total. The van der Waals surface area contributed by atoms with E-state index in [9.17, 15) is 0 Å². The Balaban J connectivity index is 0. The number of rotatable bonds is 0. The summed E-state index contributed by atoms with van der Waals surface area (Å²) in [5.41, 5.74) is 0. The molecule has 0 aromatic carbocycles. The van der Waals surface area contributed by atoms with E-state index >= 15 is 0 Å². The predicted molar refractivity (Wildman–Crippen MR) is 27.5 cm³/mol. The van der Waals surface area contributed by atoms with Crippen molar-refractivity contribution in [2.24, 2.45) is 0 Å². The Morgan fingerprint density at radius 1 is 0.600 bits per heavy atom. The molecule has 0 aliphatic carbocycles. The molecule has 0 bridgehead atoms. The summed E-state index contributed by atoms with van der Waals surface area (Å²) in [4.78, 5) is 0. The van der Waals surface area contributed by atoms with Gasteiger partial charge in [0.05, 0.1) is 0 Å². The van der Waals surface area contributed by atoms with Crippen LogP contribution in [0.1, 0.15) is 0 Å². The van der Waals surface area contributed by atoms with Gasteiger partial charge in [-0.15, -0.1) is 37.2 Å². The van der Waals surface area contributed by atoms with Crippen molar-refractivity contribution >= 4 is 45.6 Å². The summed E-state index contributed by atoms with van der Waals surface area (Å²) in [5.74, 6) is 0. The molecule has 0 N–H and O–H groups in total. The van der Waals surface area contributed by atoms with Crippen LogP contribution in [0.5, 0.6) is 0 Å². The molecular formula is H3BCl3Fe. The number of halogens is 3. The van der Waals surface area contributed by atoms with Gasteiger partial charge in [0.15, 0.2) is 0 Å². The van der Waals surface area contributed by atoms with Gasteiger partial charge < -0.3 is 0 Å². The van der Waals surface area contributed by atoms with Crippen molar-refractivity contribution in [1.29, 1.82) is 0 Å². The normalized spacial score (nSPS) is 0. The first-order chi connectivity index (χ1) is 0. The average molecular weight is 176 g/mol. The summed E-state index contributed by atoms with van der Waals surface area (Å²) in [6.07, 6.45) is 0. The Hall–Kier alpha value is 1.45. The van der Waals surface area contributed by atoms with Crippen molar-refractivity contribution in [3.05, 3.63) is 0 Å². The smallest absolute Gasteiger partial charge is 0 e. The Labute approximate surface area is 62.7 Å². The van der Waals surface area contributed by atoms with Crippen molar-refractivity contribution in [2.45, 2.75) is 0 Å². The molecular weight excluding hydrogens is 173 g/mol. The Bertz CT molecular complexity index is 6.85. The van der Waals surface area contributed by atoms with Crippen molar-refractivity contribution in [1.82, 2.24) is 0 Å². The van der Waals surface area contributed by atoms with Crippen LogP contribution in [-0.2, 0) is 17.1 Å². The Morgan fingerprint density at radius 2 is 0.600 bits per heavy atom. The molecule has 3 radical (unpaired) electrons. The maximum absolute atomic E-state index is 0. The molecule has 5 heteroatoms. The first-order valence-electron chi connectivity index (χ1n) is 0. The van der Waals surface area contributed by atoms with Gasteiger partial charge in [-0.1, -0.05) is 0 Å². The van der Waals surface area contributed by atoms with E-state index in [4.69, 9.17) is 0 Å². The minimum atomic E-state index is 0. The van der Waals surface area contributed by atoms with Gasteiger partial charge >= 0.3 is 0 Å². The third-order valence-electron chi connectivity index (χ3n) is 0. The van der Waals surface area contributed by atoms with Crippen LogP contribution in [0.2, 0.25) is 0 Å². The van der Waals surface area contributed by atoms with Crippen LogP contribution < -0.4 is 0 Å². The summed E-state index contributed by atoms with van der Waals surface area (Å²) in [5, 5.41) is 0. The fourth-order valence-corrected chi connectivity index (χ4v) is 0. The maximum atomic E-state index is 0. The van der Waals surface area contributed by atoms with E-state index in [1.807, 2.05) is 0 Å². The van der Waals surface area contributed by atoms with Crippen LogP contribution in [0.4, 0.5) is 0 Å². The van der Waals surface area contributed by atoms with Crippen LogP contribution in [-0.4, -0.2) is 8.41 Å². The second-order valence-corrected chi connectivity index (χ2v) is 0. The van der Waals surface area contributed by atoms with Crippen LogP contribution >= 0.6 is 37.2 Å². The fraction of sp³-hybridized carbons (Fsp3) is 0. The Kier molecular flexibility index (Phi) is 929. The summed E-state index contributed by atoms with van der Waals surface area (Å²) in [6.45, 7) is 0. The topological polar surface area (TPSA) is 0 Å². The van der Waals surface area contributed by atoms with Crippen molar-refractivity contribution in [2.75, 3.05) is 0 Å². The molecule has 0 spiro atoms. The predicted octanol–water partition coefficient (Wildman–Crippen LogP) is 0.882. The molecule has 0 unspecified atom stereocenters. The average Bonchev–Trinajstić information content (AvgIpc) is 0. The summed E-state index contributed by atoms with van der Waals surface area (Å²) in [7, 11) is 0. The number of hydrogen-bond acceptors (Lipinski definition) is 0.